The molecule has 126 valence electrons. The molecule has 24 heavy (non-hydrogen) atoms. The van der Waals surface area contributed by atoms with Gasteiger partial charge in [-0.3, -0.25) is 4.79 Å². The number of oxazole rings is 1. The van der Waals surface area contributed by atoms with E-state index in [0.29, 0.717) is 30.3 Å². The van der Waals surface area contributed by atoms with E-state index in [9.17, 15) is 9.90 Å². The van der Waals surface area contributed by atoms with Gasteiger partial charge in [-0.15, -0.1) is 0 Å². The summed E-state index contributed by atoms with van der Waals surface area (Å²) in [6.07, 6.45) is 5.71. The standard InChI is InChI=1S/C18H19BrN2O3/c19-14-4-3-13-8-18(10-22,6-5-12(13)7-14)21-16(23)15-9-24-17(20-15)11-1-2-11/h3-4,7,9,11,22H,1-2,5-6,8,10H2,(H,21,23). The van der Waals surface area contributed by atoms with E-state index in [0.717, 1.165) is 29.3 Å². The molecular formula is C18H19BrN2O3. The minimum absolute atomic E-state index is 0.0957. The number of halogens is 1. The first-order valence-electron chi connectivity index (χ1n) is 8.25. The van der Waals surface area contributed by atoms with Gasteiger partial charge >= 0.3 is 0 Å². The maximum atomic E-state index is 12.5. The van der Waals surface area contributed by atoms with Gasteiger partial charge < -0.3 is 14.8 Å². The Balaban J connectivity index is 1.52. The summed E-state index contributed by atoms with van der Waals surface area (Å²) in [4.78, 5) is 16.8. The highest BCUT2D eigenvalue weighted by atomic mass is 79.9. The van der Waals surface area contributed by atoms with Crippen molar-refractivity contribution in [3.05, 3.63) is 51.6 Å². The van der Waals surface area contributed by atoms with Crippen molar-refractivity contribution >= 4 is 21.8 Å². The molecule has 1 fully saturated rings. The van der Waals surface area contributed by atoms with Gasteiger partial charge in [0, 0.05) is 10.4 Å². The zero-order valence-electron chi connectivity index (χ0n) is 13.2. The van der Waals surface area contributed by atoms with Crippen molar-refractivity contribution in [1.82, 2.24) is 10.3 Å². The zero-order valence-corrected chi connectivity index (χ0v) is 14.8. The molecule has 0 radical (unpaired) electrons. The monoisotopic (exact) mass is 390 g/mol. The summed E-state index contributed by atoms with van der Waals surface area (Å²) < 4.78 is 6.45. The maximum absolute atomic E-state index is 12.5. The summed E-state index contributed by atoms with van der Waals surface area (Å²) in [7, 11) is 0. The number of aliphatic hydroxyl groups excluding tert-OH is 1. The molecule has 2 aliphatic carbocycles. The lowest BCUT2D eigenvalue weighted by molar-refractivity contribution is 0.0803. The summed E-state index contributed by atoms with van der Waals surface area (Å²) in [5, 5.41) is 13.0. The summed E-state index contributed by atoms with van der Waals surface area (Å²) >= 11 is 3.49. The van der Waals surface area contributed by atoms with E-state index in [1.165, 1.54) is 11.8 Å². The van der Waals surface area contributed by atoms with Crippen molar-refractivity contribution in [2.24, 2.45) is 0 Å². The van der Waals surface area contributed by atoms with Crippen LogP contribution in [0, 0.1) is 0 Å². The lowest BCUT2D eigenvalue weighted by atomic mass is 9.78. The number of fused-ring (bicyclic) bond motifs is 1. The molecule has 1 saturated carbocycles. The number of nitrogens with zero attached hydrogens (tertiary/aromatic N) is 1. The van der Waals surface area contributed by atoms with Crippen LogP contribution in [-0.4, -0.2) is 28.1 Å². The van der Waals surface area contributed by atoms with Crippen molar-refractivity contribution in [2.75, 3.05) is 6.61 Å². The Morgan fingerprint density at radius 1 is 1.42 bits per heavy atom. The molecule has 0 saturated heterocycles. The summed E-state index contributed by atoms with van der Waals surface area (Å²) in [5.41, 5.74) is 2.08. The molecule has 2 aromatic rings. The fourth-order valence-corrected chi connectivity index (χ4v) is 3.73. The van der Waals surface area contributed by atoms with Crippen LogP contribution in [0.4, 0.5) is 0 Å². The molecule has 0 spiro atoms. The molecule has 1 aromatic heterocycles. The number of carbonyl (C=O) groups excluding carboxylic acids is 1. The molecule has 1 amide bonds. The topological polar surface area (TPSA) is 75.4 Å². The van der Waals surface area contributed by atoms with E-state index in [2.05, 4.69) is 38.4 Å². The van der Waals surface area contributed by atoms with Crippen LogP contribution >= 0.6 is 15.9 Å². The number of hydrogen-bond acceptors (Lipinski definition) is 4. The number of nitrogens with one attached hydrogen (secondary N) is 1. The highest BCUT2D eigenvalue weighted by Gasteiger charge is 2.37. The third kappa shape index (κ3) is 3.00. The smallest absolute Gasteiger partial charge is 0.273 e. The predicted molar refractivity (Wildman–Crippen MR) is 91.9 cm³/mol. The number of amides is 1. The second-order valence-electron chi connectivity index (χ2n) is 6.83. The van der Waals surface area contributed by atoms with Crippen molar-refractivity contribution in [2.45, 2.75) is 43.6 Å². The average molecular weight is 391 g/mol. The van der Waals surface area contributed by atoms with Crippen LogP contribution in [-0.2, 0) is 12.8 Å². The highest BCUT2D eigenvalue weighted by Crippen LogP contribution is 2.39. The number of aromatic nitrogens is 1. The number of carbonyl (C=O) groups is 1. The van der Waals surface area contributed by atoms with Gasteiger partial charge in [0.15, 0.2) is 11.6 Å². The van der Waals surface area contributed by atoms with E-state index >= 15 is 0 Å². The first-order valence-corrected chi connectivity index (χ1v) is 9.04. The Hall–Kier alpha value is -1.66. The Morgan fingerprint density at radius 3 is 3.00 bits per heavy atom. The highest BCUT2D eigenvalue weighted by molar-refractivity contribution is 9.10. The molecule has 0 aliphatic heterocycles. The molecule has 2 aliphatic rings. The molecule has 6 heteroatoms. The van der Waals surface area contributed by atoms with Crippen molar-refractivity contribution in [3.63, 3.8) is 0 Å². The minimum atomic E-state index is -0.642. The van der Waals surface area contributed by atoms with Crippen molar-refractivity contribution in [3.8, 4) is 0 Å². The Bertz CT molecular complexity index is 784. The molecular weight excluding hydrogens is 372 g/mol. The fraction of sp³-hybridized carbons (Fsp3) is 0.444. The first kappa shape index (κ1) is 15.8. The van der Waals surface area contributed by atoms with E-state index < -0.39 is 5.54 Å². The van der Waals surface area contributed by atoms with E-state index in [1.54, 1.807) is 0 Å². The Kier molecular flexibility index (Phi) is 3.96. The largest absolute Gasteiger partial charge is 0.448 e. The fourth-order valence-electron chi connectivity index (χ4n) is 3.32. The van der Waals surface area contributed by atoms with Gasteiger partial charge in [-0.2, -0.15) is 0 Å². The van der Waals surface area contributed by atoms with E-state index in [1.807, 2.05) is 6.07 Å². The normalized spacial score (nSPS) is 22.9. The van der Waals surface area contributed by atoms with Gasteiger partial charge in [0.2, 0.25) is 0 Å². The molecule has 1 heterocycles. The zero-order chi connectivity index (χ0) is 16.7. The van der Waals surface area contributed by atoms with Gasteiger partial charge in [0.05, 0.1) is 12.1 Å². The number of aryl methyl sites for hydroxylation is 1. The third-order valence-corrected chi connectivity index (χ3v) is 5.43. The molecule has 1 atom stereocenters. The lowest BCUT2D eigenvalue weighted by Gasteiger charge is -2.37. The number of benzene rings is 1. The van der Waals surface area contributed by atoms with Gasteiger partial charge in [0.1, 0.15) is 6.26 Å². The molecule has 5 nitrogen and oxygen atoms in total. The lowest BCUT2D eigenvalue weighted by Crippen LogP contribution is -2.55. The van der Waals surface area contributed by atoms with Gasteiger partial charge in [-0.25, -0.2) is 4.98 Å². The molecule has 4 rings (SSSR count). The van der Waals surface area contributed by atoms with E-state index in [4.69, 9.17) is 4.42 Å². The molecule has 1 aromatic carbocycles. The van der Waals surface area contributed by atoms with E-state index in [-0.39, 0.29) is 12.5 Å². The number of aliphatic hydroxyl groups is 1. The second kappa shape index (κ2) is 6.01. The minimum Gasteiger partial charge on any atom is -0.448 e. The van der Waals surface area contributed by atoms with Gasteiger partial charge in [-0.05, 0) is 55.4 Å². The van der Waals surface area contributed by atoms with Crippen LogP contribution in [0.15, 0.2) is 33.4 Å². The molecule has 0 bridgehead atoms. The molecule has 1 unspecified atom stereocenters. The predicted octanol–water partition coefficient (Wildman–Crippen LogP) is 2.96. The number of hydrogen-bond donors (Lipinski definition) is 2. The summed E-state index contributed by atoms with van der Waals surface area (Å²) in [6.45, 7) is -0.0957. The van der Waals surface area contributed by atoms with Crippen LogP contribution in [0.3, 0.4) is 0 Å². The average Bonchev–Trinajstić information content (AvgIpc) is 3.32. The van der Waals surface area contributed by atoms with Crippen molar-refractivity contribution < 1.29 is 14.3 Å². The SMILES string of the molecule is O=C(NC1(CO)CCc2cc(Br)ccc2C1)c1coc(C2CC2)n1. The molecule has 2 N–H and O–H groups in total. The van der Waals surface area contributed by atoms with Crippen LogP contribution in [0.1, 0.15) is 52.7 Å². The Morgan fingerprint density at radius 2 is 2.25 bits per heavy atom. The third-order valence-electron chi connectivity index (χ3n) is 4.93. The second-order valence-corrected chi connectivity index (χ2v) is 7.74. The van der Waals surface area contributed by atoms with Gasteiger partial charge in [0.25, 0.3) is 5.91 Å². The quantitative estimate of drug-likeness (QED) is 0.841. The number of rotatable bonds is 4. The van der Waals surface area contributed by atoms with Crippen LogP contribution in [0.25, 0.3) is 0 Å². The first-order chi connectivity index (χ1) is 11.6. The summed E-state index contributed by atoms with van der Waals surface area (Å²) in [6, 6.07) is 6.15. The Labute approximate surface area is 148 Å². The van der Waals surface area contributed by atoms with Gasteiger partial charge in [-0.1, -0.05) is 22.0 Å². The van der Waals surface area contributed by atoms with Crippen molar-refractivity contribution in [1.29, 1.82) is 0 Å². The van der Waals surface area contributed by atoms with Crippen LogP contribution < -0.4 is 5.32 Å². The van der Waals surface area contributed by atoms with Crippen LogP contribution in [0.5, 0.6) is 0 Å². The maximum Gasteiger partial charge on any atom is 0.273 e. The van der Waals surface area contributed by atoms with Crippen LogP contribution in [0.2, 0.25) is 0 Å². The summed E-state index contributed by atoms with van der Waals surface area (Å²) in [5.74, 6) is 0.746.